The van der Waals surface area contributed by atoms with Crippen molar-refractivity contribution in [1.29, 1.82) is 0 Å². The average molecular weight is 347 g/mol. The molecular weight excluding hydrogens is 332 g/mol. The molecule has 1 heterocycles. The van der Waals surface area contributed by atoms with Crippen LogP contribution in [0.5, 0.6) is 5.75 Å². The van der Waals surface area contributed by atoms with E-state index in [0.717, 1.165) is 11.3 Å². The zero-order chi connectivity index (χ0) is 14.8. The Labute approximate surface area is 131 Å². The number of anilines is 2. The predicted molar refractivity (Wildman–Crippen MR) is 86.6 cm³/mol. The first-order chi connectivity index (χ1) is 10.1. The number of halogens is 1. The second kappa shape index (κ2) is 5.77. The van der Waals surface area contributed by atoms with Gasteiger partial charge in [-0.3, -0.25) is 4.79 Å². The van der Waals surface area contributed by atoms with Gasteiger partial charge in [-0.2, -0.15) is 0 Å². The molecule has 2 aromatic carbocycles. The van der Waals surface area contributed by atoms with Crippen LogP contribution in [-0.4, -0.2) is 17.6 Å². The average Bonchev–Trinajstić information content (AvgIpc) is 2.51. The zero-order valence-electron chi connectivity index (χ0n) is 11.3. The maximum atomic E-state index is 12.4. The van der Waals surface area contributed by atoms with Crippen LogP contribution in [0.3, 0.4) is 0 Å². The summed E-state index contributed by atoms with van der Waals surface area (Å²) in [6, 6.07) is 13.2. The second-order valence-electron chi connectivity index (χ2n) is 5.06. The number of nitrogens with one attached hydrogen (secondary N) is 2. The lowest BCUT2D eigenvalue weighted by atomic mass is 9.93. The van der Waals surface area contributed by atoms with E-state index in [1.807, 2.05) is 24.3 Å². The maximum Gasteiger partial charge on any atom is 0.229 e. The lowest BCUT2D eigenvalue weighted by Gasteiger charge is -2.25. The molecule has 108 valence electrons. The Bertz CT molecular complexity index is 688. The predicted octanol–water partition coefficient (Wildman–Crippen LogP) is 3.38. The van der Waals surface area contributed by atoms with E-state index in [4.69, 9.17) is 0 Å². The molecule has 0 radical (unpaired) electrons. The van der Waals surface area contributed by atoms with Crippen molar-refractivity contribution in [3.8, 4) is 5.75 Å². The number of carbonyl (C=O) groups excluding carboxylic acids is 1. The van der Waals surface area contributed by atoms with Crippen LogP contribution in [0.4, 0.5) is 11.4 Å². The molecule has 1 unspecified atom stereocenters. The third-order valence-corrected chi connectivity index (χ3v) is 4.28. The highest BCUT2D eigenvalue weighted by Crippen LogP contribution is 2.32. The van der Waals surface area contributed by atoms with Crippen molar-refractivity contribution in [2.75, 3.05) is 17.2 Å². The molecule has 0 saturated heterocycles. The van der Waals surface area contributed by atoms with Gasteiger partial charge in [0.1, 0.15) is 0 Å². The number of fused-ring (bicyclic) bond motifs is 1. The summed E-state index contributed by atoms with van der Waals surface area (Å²) < 4.78 is 0.562. The monoisotopic (exact) mass is 346 g/mol. The Balaban J connectivity index is 1.74. The molecule has 0 bridgehead atoms. The van der Waals surface area contributed by atoms with Crippen LogP contribution in [0, 0.1) is 5.92 Å². The smallest absolute Gasteiger partial charge is 0.229 e. The van der Waals surface area contributed by atoms with Gasteiger partial charge in [-0.1, -0.05) is 24.3 Å². The Hall–Kier alpha value is -2.01. The quantitative estimate of drug-likeness (QED) is 0.730. The molecule has 21 heavy (non-hydrogen) atoms. The number of rotatable bonds is 2. The summed E-state index contributed by atoms with van der Waals surface area (Å²) in [5, 5.41) is 16.0. The standard InChI is InChI=1S/C16H15BrN2O2/c17-12-5-3-7-14(15(12)20)19-16(21)11-8-10-4-1-2-6-13(10)18-9-11/h1-7,11,18,20H,8-9H2,(H,19,21). The third-order valence-electron chi connectivity index (χ3n) is 3.64. The van der Waals surface area contributed by atoms with Crippen molar-refractivity contribution in [3.05, 3.63) is 52.5 Å². The first-order valence-electron chi connectivity index (χ1n) is 6.75. The third kappa shape index (κ3) is 2.88. The van der Waals surface area contributed by atoms with Gasteiger partial charge < -0.3 is 15.7 Å². The summed E-state index contributed by atoms with van der Waals surface area (Å²) in [7, 11) is 0. The minimum atomic E-state index is -0.154. The number of phenols is 1. The molecule has 3 rings (SSSR count). The van der Waals surface area contributed by atoms with Crippen LogP contribution < -0.4 is 10.6 Å². The first-order valence-corrected chi connectivity index (χ1v) is 7.54. The van der Waals surface area contributed by atoms with Crippen molar-refractivity contribution in [3.63, 3.8) is 0 Å². The fraction of sp³-hybridized carbons (Fsp3) is 0.188. The van der Waals surface area contributed by atoms with E-state index in [1.165, 1.54) is 0 Å². The SMILES string of the molecule is O=C(Nc1cccc(Br)c1O)C1CNc2ccccc2C1. The van der Waals surface area contributed by atoms with Crippen molar-refractivity contribution >= 4 is 33.2 Å². The summed E-state index contributed by atoms with van der Waals surface area (Å²) in [4.78, 5) is 12.4. The maximum absolute atomic E-state index is 12.4. The van der Waals surface area contributed by atoms with Crippen molar-refractivity contribution in [2.24, 2.45) is 5.92 Å². The van der Waals surface area contributed by atoms with Crippen molar-refractivity contribution < 1.29 is 9.90 Å². The number of hydrogen-bond acceptors (Lipinski definition) is 3. The van der Waals surface area contributed by atoms with Crippen LogP contribution in [0.15, 0.2) is 46.9 Å². The Kier molecular flexibility index (Phi) is 3.84. The number of para-hydroxylation sites is 2. The van der Waals surface area contributed by atoms with Crippen molar-refractivity contribution in [2.45, 2.75) is 6.42 Å². The lowest BCUT2D eigenvalue weighted by Crippen LogP contribution is -2.33. The minimum Gasteiger partial charge on any atom is -0.505 e. The van der Waals surface area contributed by atoms with Gasteiger partial charge in [-0.05, 0) is 46.1 Å². The van der Waals surface area contributed by atoms with Crippen LogP contribution >= 0.6 is 15.9 Å². The van der Waals surface area contributed by atoms with Gasteiger partial charge in [0, 0.05) is 12.2 Å². The highest BCUT2D eigenvalue weighted by Gasteiger charge is 2.24. The molecule has 1 atom stereocenters. The summed E-state index contributed by atoms with van der Waals surface area (Å²) in [5.41, 5.74) is 2.66. The van der Waals surface area contributed by atoms with E-state index in [2.05, 4.69) is 26.6 Å². The first kappa shape index (κ1) is 13.9. The molecule has 0 aromatic heterocycles. The summed E-state index contributed by atoms with van der Waals surface area (Å²) in [6.45, 7) is 0.595. The molecule has 0 spiro atoms. The molecule has 1 amide bonds. The number of benzene rings is 2. The van der Waals surface area contributed by atoms with Crippen LogP contribution in [0.25, 0.3) is 0 Å². The van der Waals surface area contributed by atoms with E-state index in [-0.39, 0.29) is 17.6 Å². The lowest BCUT2D eigenvalue weighted by molar-refractivity contribution is -0.119. The fourth-order valence-corrected chi connectivity index (χ4v) is 2.84. The minimum absolute atomic E-state index is 0.0509. The van der Waals surface area contributed by atoms with Crippen LogP contribution in [0.2, 0.25) is 0 Å². The van der Waals surface area contributed by atoms with Gasteiger partial charge in [0.05, 0.1) is 16.1 Å². The van der Waals surface area contributed by atoms with Gasteiger partial charge in [-0.15, -0.1) is 0 Å². The molecular formula is C16H15BrN2O2. The largest absolute Gasteiger partial charge is 0.505 e. The van der Waals surface area contributed by atoms with Gasteiger partial charge >= 0.3 is 0 Å². The van der Waals surface area contributed by atoms with Gasteiger partial charge in [0.2, 0.25) is 5.91 Å². The molecule has 3 N–H and O–H groups in total. The van der Waals surface area contributed by atoms with E-state index >= 15 is 0 Å². The molecule has 4 nitrogen and oxygen atoms in total. The van der Waals surface area contributed by atoms with Crippen molar-refractivity contribution in [1.82, 2.24) is 0 Å². The van der Waals surface area contributed by atoms with E-state index in [9.17, 15) is 9.90 Å². The van der Waals surface area contributed by atoms with E-state index < -0.39 is 0 Å². The van der Waals surface area contributed by atoms with Gasteiger partial charge in [0.25, 0.3) is 0 Å². The zero-order valence-corrected chi connectivity index (χ0v) is 12.9. The molecule has 1 aliphatic rings. The summed E-state index contributed by atoms with van der Waals surface area (Å²) in [6.07, 6.45) is 0.698. The molecule has 5 heteroatoms. The fourth-order valence-electron chi connectivity index (χ4n) is 2.48. The topological polar surface area (TPSA) is 61.4 Å². The Morgan fingerprint density at radius 1 is 1.24 bits per heavy atom. The highest BCUT2D eigenvalue weighted by molar-refractivity contribution is 9.10. The summed E-state index contributed by atoms with van der Waals surface area (Å²) in [5.74, 6) is -0.196. The van der Waals surface area contributed by atoms with Crippen LogP contribution in [0.1, 0.15) is 5.56 Å². The number of hydrogen-bond donors (Lipinski definition) is 3. The number of amides is 1. The molecule has 2 aromatic rings. The molecule has 1 aliphatic heterocycles. The number of phenolic OH excluding ortho intramolecular Hbond substituents is 1. The summed E-state index contributed by atoms with van der Waals surface area (Å²) >= 11 is 3.24. The van der Waals surface area contributed by atoms with E-state index in [0.29, 0.717) is 23.1 Å². The Morgan fingerprint density at radius 2 is 2.05 bits per heavy atom. The molecule has 0 aliphatic carbocycles. The number of carbonyl (C=O) groups is 1. The number of aromatic hydroxyl groups is 1. The molecule has 0 saturated carbocycles. The Morgan fingerprint density at radius 3 is 2.90 bits per heavy atom. The van der Waals surface area contributed by atoms with Gasteiger partial charge in [0.15, 0.2) is 5.75 Å². The van der Waals surface area contributed by atoms with Crippen LogP contribution in [-0.2, 0) is 11.2 Å². The normalized spacial score (nSPS) is 16.7. The second-order valence-corrected chi connectivity index (χ2v) is 5.92. The van der Waals surface area contributed by atoms with Gasteiger partial charge in [-0.25, -0.2) is 0 Å². The van der Waals surface area contributed by atoms with E-state index in [1.54, 1.807) is 18.2 Å². The molecule has 0 fully saturated rings. The highest BCUT2D eigenvalue weighted by atomic mass is 79.9.